The zero-order valence-electron chi connectivity index (χ0n) is 15.7. The molecule has 3 N–H and O–H groups in total. The maximum Gasteiger partial charge on any atom is 0.166 e. The number of halogens is 1. The maximum absolute atomic E-state index is 14.3. The number of aromatic nitrogens is 2. The molecule has 0 unspecified atom stereocenters. The molecule has 1 fully saturated rings. The molecular weight excluding hydrogens is 349 g/mol. The van der Waals surface area contributed by atoms with Crippen LogP contribution in [0.4, 0.5) is 10.2 Å². The number of hydrogen-bond donors (Lipinski definition) is 2. The van der Waals surface area contributed by atoms with Crippen molar-refractivity contribution in [3.05, 3.63) is 54.1 Å². The normalized spacial score (nSPS) is 16.1. The van der Waals surface area contributed by atoms with Gasteiger partial charge in [0.25, 0.3) is 0 Å². The maximum atomic E-state index is 14.3. The number of ether oxygens (including phenoxy) is 2. The second kappa shape index (κ2) is 9.82. The van der Waals surface area contributed by atoms with E-state index in [2.05, 4.69) is 21.4 Å². The van der Waals surface area contributed by atoms with Crippen LogP contribution in [0.3, 0.4) is 0 Å². The lowest BCUT2D eigenvalue weighted by Gasteiger charge is -2.27. The lowest BCUT2D eigenvalue weighted by atomic mass is 10.1. The van der Waals surface area contributed by atoms with Crippen molar-refractivity contribution >= 4 is 11.5 Å². The Labute approximate surface area is 158 Å². The molecule has 146 valence electrons. The van der Waals surface area contributed by atoms with Gasteiger partial charge < -0.3 is 25.5 Å². The summed E-state index contributed by atoms with van der Waals surface area (Å²) in [6, 6.07) is 1.74. The zero-order valence-corrected chi connectivity index (χ0v) is 15.7. The average molecular weight is 375 g/mol. The first-order valence-corrected chi connectivity index (χ1v) is 8.78. The molecule has 0 bridgehead atoms. The Morgan fingerprint density at radius 2 is 2.15 bits per heavy atom. The van der Waals surface area contributed by atoms with Gasteiger partial charge in [-0.15, -0.1) is 0 Å². The summed E-state index contributed by atoms with van der Waals surface area (Å²) in [5, 5.41) is 8.24. The molecule has 1 aliphatic rings. The van der Waals surface area contributed by atoms with E-state index in [-0.39, 0.29) is 29.7 Å². The quantitative estimate of drug-likeness (QED) is 0.412. The lowest BCUT2D eigenvalue weighted by molar-refractivity contribution is 0.122. The molecular formula is C19H26FN5O2. The van der Waals surface area contributed by atoms with Crippen molar-refractivity contribution in [2.45, 2.75) is 26.4 Å². The Morgan fingerprint density at radius 3 is 2.78 bits per heavy atom. The van der Waals surface area contributed by atoms with E-state index in [0.717, 1.165) is 25.0 Å². The standard InChI is InChI=1S/C19H26FN5O2/c1-4-18(27-13(2)3)15(20)9-14(21)10-16(22)17-11-19(24-12-23-17)25-5-7-26-8-6-25/h4,9,11-13,22H,1,5-8,10,21H2,2-3H3/b14-9+,18-15-,22-16?. The third-order valence-corrected chi connectivity index (χ3v) is 3.77. The summed E-state index contributed by atoms with van der Waals surface area (Å²) < 4.78 is 24.9. The van der Waals surface area contributed by atoms with Crippen molar-refractivity contribution in [2.75, 3.05) is 31.2 Å². The second-order valence-electron chi connectivity index (χ2n) is 6.32. The van der Waals surface area contributed by atoms with Crippen LogP contribution in [0.1, 0.15) is 26.0 Å². The van der Waals surface area contributed by atoms with Crippen LogP contribution < -0.4 is 10.6 Å². The SMILES string of the molecule is C=C/C(OC(C)C)=C(F)\C=C(\N)CC(=N)c1cc(N2CCOCC2)ncn1. The Kier molecular flexibility index (Phi) is 7.48. The zero-order chi connectivity index (χ0) is 19.8. The van der Waals surface area contributed by atoms with Crippen molar-refractivity contribution in [1.29, 1.82) is 5.41 Å². The van der Waals surface area contributed by atoms with Gasteiger partial charge in [-0.3, -0.25) is 0 Å². The first-order chi connectivity index (χ1) is 12.9. The first-order valence-electron chi connectivity index (χ1n) is 8.78. The number of hydrogen-bond acceptors (Lipinski definition) is 7. The van der Waals surface area contributed by atoms with Gasteiger partial charge in [-0.2, -0.15) is 0 Å². The topological polar surface area (TPSA) is 97.4 Å². The van der Waals surface area contributed by atoms with E-state index >= 15 is 0 Å². The van der Waals surface area contributed by atoms with Crippen LogP contribution in [0, 0.1) is 5.41 Å². The summed E-state index contributed by atoms with van der Waals surface area (Å²) in [4.78, 5) is 10.5. The van der Waals surface area contributed by atoms with Gasteiger partial charge in [-0.25, -0.2) is 14.4 Å². The highest BCUT2D eigenvalue weighted by atomic mass is 19.1. The molecule has 0 saturated carbocycles. The van der Waals surface area contributed by atoms with Crippen molar-refractivity contribution in [1.82, 2.24) is 9.97 Å². The number of rotatable bonds is 8. The molecule has 0 atom stereocenters. The van der Waals surface area contributed by atoms with Gasteiger partial charge in [0, 0.05) is 31.3 Å². The highest BCUT2D eigenvalue weighted by molar-refractivity contribution is 5.98. The summed E-state index contributed by atoms with van der Waals surface area (Å²) in [6.07, 6.45) is 3.73. The van der Waals surface area contributed by atoms with Crippen molar-refractivity contribution < 1.29 is 13.9 Å². The molecule has 2 rings (SSSR count). The van der Waals surface area contributed by atoms with Gasteiger partial charge in [-0.1, -0.05) is 6.58 Å². The van der Waals surface area contributed by atoms with Gasteiger partial charge in [-0.05, 0) is 26.0 Å². The monoisotopic (exact) mass is 375 g/mol. The number of nitrogens with one attached hydrogen (secondary N) is 1. The van der Waals surface area contributed by atoms with Crippen LogP contribution in [0.5, 0.6) is 0 Å². The van der Waals surface area contributed by atoms with E-state index in [1.165, 1.54) is 12.4 Å². The van der Waals surface area contributed by atoms with Crippen LogP contribution in [0.15, 0.2) is 48.4 Å². The van der Waals surface area contributed by atoms with Gasteiger partial charge in [0.05, 0.1) is 30.7 Å². The molecule has 27 heavy (non-hydrogen) atoms. The van der Waals surface area contributed by atoms with E-state index in [0.29, 0.717) is 18.9 Å². The Hall–Kier alpha value is -2.74. The summed E-state index contributed by atoms with van der Waals surface area (Å²) >= 11 is 0. The molecule has 1 aromatic rings. The van der Waals surface area contributed by atoms with Crippen molar-refractivity contribution in [3.8, 4) is 0 Å². The van der Waals surface area contributed by atoms with Crippen LogP contribution in [-0.2, 0) is 9.47 Å². The summed E-state index contributed by atoms with van der Waals surface area (Å²) in [5.74, 6) is 0.137. The minimum Gasteiger partial charge on any atom is -0.488 e. The Morgan fingerprint density at radius 1 is 1.44 bits per heavy atom. The van der Waals surface area contributed by atoms with Crippen LogP contribution in [0.2, 0.25) is 0 Å². The van der Waals surface area contributed by atoms with Gasteiger partial charge in [0.1, 0.15) is 12.1 Å². The highest BCUT2D eigenvalue weighted by Gasteiger charge is 2.15. The molecule has 0 aliphatic carbocycles. The molecule has 0 radical (unpaired) electrons. The number of nitrogens with zero attached hydrogens (tertiary/aromatic N) is 3. The van der Waals surface area contributed by atoms with Crippen LogP contribution in [-0.4, -0.2) is 48.1 Å². The predicted molar refractivity (Wildman–Crippen MR) is 103 cm³/mol. The number of morpholine rings is 1. The fourth-order valence-electron chi connectivity index (χ4n) is 2.51. The summed E-state index contributed by atoms with van der Waals surface area (Å²) in [5.41, 5.74) is 6.73. The molecule has 0 aromatic carbocycles. The first kappa shape index (κ1) is 20.6. The summed E-state index contributed by atoms with van der Waals surface area (Å²) in [6.45, 7) is 9.88. The van der Waals surface area contributed by atoms with Crippen molar-refractivity contribution in [3.63, 3.8) is 0 Å². The molecule has 1 aromatic heterocycles. The third kappa shape index (κ3) is 6.18. The van der Waals surface area contributed by atoms with Crippen LogP contribution >= 0.6 is 0 Å². The minimum atomic E-state index is -0.624. The largest absolute Gasteiger partial charge is 0.488 e. The fraction of sp³-hybridized carbons (Fsp3) is 0.421. The Bertz CT molecular complexity index is 739. The van der Waals surface area contributed by atoms with E-state index in [9.17, 15) is 4.39 Å². The van der Waals surface area contributed by atoms with E-state index in [1.54, 1.807) is 19.9 Å². The molecule has 2 heterocycles. The molecule has 7 nitrogen and oxygen atoms in total. The molecule has 1 aliphatic heterocycles. The van der Waals surface area contributed by atoms with E-state index < -0.39 is 5.83 Å². The number of anilines is 1. The minimum absolute atomic E-state index is 0.0242. The van der Waals surface area contributed by atoms with Gasteiger partial charge in [0.2, 0.25) is 0 Å². The smallest absolute Gasteiger partial charge is 0.166 e. The van der Waals surface area contributed by atoms with E-state index in [1.807, 2.05) is 0 Å². The third-order valence-electron chi connectivity index (χ3n) is 3.77. The van der Waals surface area contributed by atoms with Gasteiger partial charge >= 0.3 is 0 Å². The lowest BCUT2D eigenvalue weighted by Crippen LogP contribution is -2.36. The molecule has 0 amide bonds. The highest BCUT2D eigenvalue weighted by Crippen LogP contribution is 2.17. The average Bonchev–Trinajstić information content (AvgIpc) is 2.66. The molecule has 1 saturated heterocycles. The molecule has 0 spiro atoms. The molecule has 8 heteroatoms. The van der Waals surface area contributed by atoms with E-state index in [4.69, 9.17) is 20.6 Å². The van der Waals surface area contributed by atoms with Crippen LogP contribution in [0.25, 0.3) is 0 Å². The fourth-order valence-corrected chi connectivity index (χ4v) is 2.51. The predicted octanol–water partition coefficient (Wildman–Crippen LogP) is 2.71. The summed E-state index contributed by atoms with van der Waals surface area (Å²) in [7, 11) is 0. The van der Waals surface area contributed by atoms with Gasteiger partial charge in [0.15, 0.2) is 11.6 Å². The van der Waals surface area contributed by atoms with Crippen molar-refractivity contribution in [2.24, 2.45) is 5.73 Å². The Balaban J connectivity index is 2.09. The number of nitrogens with two attached hydrogens (primary N) is 1. The second-order valence-corrected chi connectivity index (χ2v) is 6.32. The number of allylic oxidation sites excluding steroid dienone is 4.